The van der Waals surface area contributed by atoms with Crippen molar-refractivity contribution in [3.05, 3.63) is 33.5 Å². The van der Waals surface area contributed by atoms with Gasteiger partial charge in [-0.2, -0.15) is 5.10 Å². The Bertz CT molecular complexity index is 687. The Morgan fingerprint density at radius 2 is 2.42 bits per heavy atom. The van der Waals surface area contributed by atoms with E-state index in [0.717, 1.165) is 47.2 Å². The van der Waals surface area contributed by atoms with E-state index in [1.54, 1.807) is 17.5 Å². The number of hydrogen-bond donors (Lipinski definition) is 2. The molecular formula is C17H25N5OS. The van der Waals surface area contributed by atoms with Crippen LogP contribution >= 0.6 is 11.3 Å². The fourth-order valence-corrected chi connectivity index (χ4v) is 4.05. The summed E-state index contributed by atoms with van der Waals surface area (Å²) in [7, 11) is 0. The summed E-state index contributed by atoms with van der Waals surface area (Å²) < 4.78 is 1.84. The Balaban J connectivity index is 1.57. The summed E-state index contributed by atoms with van der Waals surface area (Å²) in [6, 6.07) is 2.03. The van der Waals surface area contributed by atoms with Crippen molar-refractivity contribution >= 4 is 17.2 Å². The number of rotatable bonds is 6. The van der Waals surface area contributed by atoms with Gasteiger partial charge in [-0.3, -0.25) is 9.48 Å². The third kappa shape index (κ3) is 4.02. The van der Waals surface area contributed by atoms with Crippen molar-refractivity contribution in [2.45, 2.75) is 52.1 Å². The number of amides is 1. The second kappa shape index (κ2) is 7.90. The summed E-state index contributed by atoms with van der Waals surface area (Å²) in [5, 5.41) is 11.9. The molecule has 1 aliphatic heterocycles. The van der Waals surface area contributed by atoms with Crippen molar-refractivity contribution < 1.29 is 4.79 Å². The van der Waals surface area contributed by atoms with Crippen LogP contribution in [-0.2, 0) is 24.3 Å². The number of piperidine rings is 1. The van der Waals surface area contributed by atoms with Crippen LogP contribution in [-0.4, -0.2) is 33.8 Å². The van der Waals surface area contributed by atoms with E-state index in [1.165, 1.54) is 6.42 Å². The first-order chi connectivity index (χ1) is 11.7. The van der Waals surface area contributed by atoms with Gasteiger partial charge in [-0.1, -0.05) is 6.92 Å². The molecule has 0 bridgehead atoms. The average Bonchev–Trinajstić information content (AvgIpc) is 3.20. The summed E-state index contributed by atoms with van der Waals surface area (Å²) in [5.41, 5.74) is 2.17. The van der Waals surface area contributed by atoms with Gasteiger partial charge in [-0.05, 0) is 38.8 Å². The van der Waals surface area contributed by atoms with Crippen LogP contribution in [0.2, 0.25) is 0 Å². The van der Waals surface area contributed by atoms with E-state index in [4.69, 9.17) is 0 Å². The highest BCUT2D eigenvalue weighted by Crippen LogP contribution is 2.22. The normalized spacial score (nSPS) is 17.8. The maximum atomic E-state index is 12.3. The first kappa shape index (κ1) is 17.1. The molecule has 1 atom stereocenters. The molecule has 1 aliphatic rings. The van der Waals surface area contributed by atoms with Crippen LogP contribution in [0, 0.1) is 6.92 Å². The van der Waals surface area contributed by atoms with Crippen LogP contribution in [0.5, 0.6) is 0 Å². The van der Waals surface area contributed by atoms with Crippen LogP contribution < -0.4 is 10.6 Å². The maximum absolute atomic E-state index is 12.3. The Hall–Kier alpha value is -1.73. The van der Waals surface area contributed by atoms with Gasteiger partial charge in [0.05, 0.1) is 17.2 Å². The molecule has 3 rings (SSSR count). The predicted molar refractivity (Wildman–Crippen MR) is 95.1 cm³/mol. The molecule has 6 nitrogen and oxygen atoms in total. The zero-order valence-electron chi connectivity index (χ0n) is 14.3. The van der Waals surface area contributed by atoms with Crippen LogP contribution in [0.4, 0.5) is 0 Å². The number of carbonyl (C=O) groups excluding carboxylic acids is 1. The highest BCUT2D eigenvalue weighted by Gasteiger charge is 2.20. The number of hydrogen-bond acceptors (Lipinski definition) is 5. The molecule has 3 heterocycles. The van der Waals surface area contributed by atoms with E-state index in [2.05, 4.69) is 27.6 Å². The van der Waals surface area contributed by atoms with E-state index in [9.17, 15) is 4.79 Å². The lowest BCUT2D eigenvalue weighted by atomic mass is 9.96. The number of carbonyl (C=O) groups is 1. The monoisotopic (exact) mass is 347 g/mol. The van der Waals surface area contributed by atoms with Crippen molar-refractivity contribution in [1.82, 2.24) is 25.4 Å². The zero-order valence-corrected chi connectivity index (χ0v) is 15.2. The van der Waals surface area contributed by atoms with Gasteiger partial charge in [0.2, 0.25) is 5.91 Å². The van der Waals surface area contributed by atoms with Crippen molar-refractivity contribution in [3.63, 3.8) is 0 Å². The zero-order chi connectivity index (χ0) is 16.9. The van der Waals surface area contributed by atoms with Crippen molar-refractivity contribution in [2.75, 3.05) is 13.1 Å². The molecule has 0 spiro atoms. The minimum Gasteiger partial charge on any atom is -0.350 e. The summed E-state index contributed by atoms with van der Waals surface area (Å²) in [4.78, 5) is 17.9. The second-order valence-electron chi connectivity index (χ2n) is 6.20. The first-order valence-corrected chi connectivity index (χ1v) is 9.43. The highest BCUT2D eigenvalue weighted by atomic mass is 32.1. The minimum absolute atomic E-state index is 0.00503. The topological polar surface area (TPSA) is 71.8 Å². The molecule has 7 heteroatoms. The third-order valence-corrected chi connectivity index (χ3v) is 5.75. The Morgan fingerprint density at radius 3 is 3.12 bits per heavy atom. The van der Waals surface area contributed by atoms with Crippen LogP contribution in [0.15, 0.2) is 12.3 Å². The molecule has 0 aromatic carbocycles. The van der Waals surface area contributed by atoms with Gasteiger partial charge in [0, 0.05) is 29.2 Å². The summed E-state index contributed by atoms with van der Waals surface area (Å²) >= 11 is 1.68. The Morgan fingerprint density at radius 1 is 1.54 bits per heavy atom. The number of nitrogens with one attached hydrogen (secondary N) is 2. The third-order valence-electron chi connectivity index (χ3n) is 4.44. The molecule has 0 radical (unpaired) electrons. The number of nitrogens with zero attached hydrogens (tertiary/aromatic N) is 3. The highest BCUT2D eigenvalue weighted by molar-refractivity contribution is 7.11. The molecule has 0 saturated carbocycles. The molecule has 0 unspecified atom stereocenters. The van der Waals surface area contributed by atoms with Gasteiger partial charge in [0.15, 0.2) is 0 Å². The molecule has 2 aromatic rings. The van der Waals surface area contributed by atoms with E-state index >= 15 is 0 Å². The van der Waals surface area contributed by atoms with Crippen LogP contribution in [0.25, 0.3) is 0 Å². The average molecular weight is 347 g/mol. The summed E-state index contributed by atoms with van der Waals surface area (Å²) in [5.74, 6) is 0.444. The SMILES string of the molecule is CCc1nc(C)c(CNC(=O)Cn2nccc2[C@H]2CCCNC2)s1. The fraction of sp³-hybridized carbons (Fsp3) is 0.588. The minimum atomic E-state index is -0.00503. The quantitative estimate of drug-likeness (QED) is 0.838. The molecule has 1 amide bonds. The van der Waals surface area contributed by atoms with E-state index < -0.39 is 0 Å². The molecular weight excluding hydrogens is 322 g/mol. The fourth-order valence-electron chi connectivity index (χ4n) is 3.10. The Kier molecular flexibility index (Phi) is 5.63. The van der Waals surface area contributed by atoms with E-state index in [0.29, 0.717) is 12.5 Å². The van der Waals surface area contributed by atoms with Crippen molar-refractivity contribution in [2.24, 2.45) is 0 Å². The van der Waals surface area contributed by atoms with E-state index in [-0.39, 0.29) is 12.5 Å². The van der Waals surface area contributed by atoms with Crippen molar-refractivity contribution in [1.29, 1.82) is 0 Å². The molecule has 0 aliphatic carbocycles. The predicted octanol–water partition coefficient (Wildman–Crippen LogP) is 1.99. The van der Waals surface area contributed by atoms with Gasteiger partial charge >= 0.3 is 0 Å². The largest absolute Gasteiger partial charge is 0.350 e. The molecule has 130 valence electrons. The van der Waals surface area contributed by atoms with Crippen molar-refractivity contribution in [3.8, 4) is 0 Å². The summed E-state index contributed by atoms with van der Waals surface area (Å²) in [6.45, 7) is 6.96. The summed E-state index contributed by atoms with van der Waals surface area (Å²) in [6.07, 6.45) is 5.05. The van der Waals surface area contributed by atoms with Crippen LogP contribution in [0.3, 0.4) is 0 Å². The lowest BCUT2D eigenvalue weighted by Gasteiger charge is -2.23. The smallest absolute Gasteiger partial charge is 0.242 e. The molecule has 1 saturated heterocycles. The van der Waals surface area contributed by atoms with Gasteiger partial charge in [0.1, 0.15) is 6.54 Å². The number of thiazole rings is 1. The molecule has 24 heavy (non-hydrogen) atoms. The maximum Gasteiger partial charge on any atom is 0.242 e. The number of aromatic nitrogens is 3. The van der Waals surface area contributed by atoms with Gasteiger partial charge in [0.25, 0.3) is 0 Å². The van der Waals surface area contributed by atoms with Gasteiger partial charge in [-0.25, -0.2) is 4.98 Å². The van der Waals surface area contributed by atoms with Gasteiger partial charge < -0.3 is 10.6 Å². The second-order valence-corrected chi connectivity index (χ2v) is 7.37. The standard InChI is InChI=1S/C17H25N5OS/c1-3-17-21-12(2)15(24-17)10-19-16(23)11-22-14(6-8-20-22)13-5-4-7-18-9-13/h6,8,13,18H,3-5,7,9-11H2,1-2H3,(H,19,23)/t13-/m0/s1. The van der Waals surface area contributed by atoms with Crippen LogP contribution in [0.1, 0.15) is 47.0 Å². The molecule has 2 aromatic heterocycles. The lowest BCUT2D eigenvalue weighted by molar-refractivity contribution is -0.122. The number of aryl methyl sites for hydroxylation is 2. The van der Waals surface area contributed by atoms with E-state index in [1.807, 2.05) is 17.7 Å². The first-order valence-electron chi connectivity index (χ1n) is 8.61. The molecule has 1 fully saturated rings. The lowest BCUT2D eigenvalue weighted by Crippen LogP contribution is -2.32. The molecule has 2 N–H and O–H groups in total. The Labute approximate surface area is 146 Å². The van der Waals surface area contributed by atoms with Gasteiger partial charge in [-0.15, -0.1) is 11.3 Å².